The van der Waals surface area contributed by atoms with E-state index in [0.29, 0.717) is 6.54 Å². The van der Waals surface area contributed by atoms with Crippen molar-refractivity contribution in [3.63, 3.8) is 0 Å². The Morgan fingerprint density at radius 2 is 1.78 bits per heavy atom. The predicted molar refractivity (Wildman–Crippen MR) is 143 cm³/mol. The summed E-state index contributed by atoms with van der Waals surface area (Å²) in [6.07, 6.45) is 6.44. The van der Waals surface area contributed by atoms with Gasteiger partial charge in [0.25, 0.3) is 0 Å². The molecule has 0 saturated carbocycles. The van der Waals surface area contributed by atoms with Crippen LogP contribution in [-0.4, -0.2) is 94.3 Å². The van der Waals surface area contributed by atoms with Crippen molar-refractivity contribution in [3.8, 4) is 11.5 Å². The van der Waals surface area contributed by atoms with Gasteiger partial charge in [-0.1, -0.05) is 6.42 Å². The smallest absolute Gasteiger partial charge is 0.193 e. The molecular formula is C24H42IN5O2. The normalized spacial score (nSPS) is 19.7. The third kappa shape index (κ3) is 6.63. The van der Waals surface area contributed by atoms with Gasteiger partial charge in [0.2, 0.25) is 0 Å². The maximum atomic E-state index is 5.58. The molecule has 2 aliphatic rings. The fourth-order valence-electron chi connectivity index (χ4n) is 4.95. The van der Waals surface area contributed by atoms with Crippen LogP contribution in [0.3, 0.4) is 0 Å². The second-order valence-corrected chi connectivity index (χ2v) is 9.01. The van der Waals surface area contributed by atoms with Crippen LogP contribution in [0.25, 0.3) is 0 Å². The molecule has 0 unspecified atom stereocenters. The van der Waals surface area contributed by atoms with E-state index in [1.807, 2.05) is 19.2 Å². The number of aliphatic imine (C=N–C) groups is 1. The highest BCUT2D eigenvalue weighted by molar-refractivity contribution is 14.0. The molecule has 0 bridgehead atoms. The van der Waals surface area contributed by atoms with Gasteiger partial charge in [-0.15, -0.1) is 24.0 Å². The molecule has 182 valence electrons. The van der Waals surface area contributed by atoms with Gasteiger partial charge in [0.15, 0.2) is 5.96 Å². The summed E-state index contributed by atoms with van der Waals surface area (Å²) < 4.78 is 10.9. The fourth-order valence-corrected chi connectivity index (χ4v) is 4.95. The molecule has 1 N–H and O–H groups in total. The van der Waals surface area contributed by atoms with E-state index >= 15 is 0 Å². The summed E-state index contributed by atoms with van der Waals surface area (Å²) >= 11 is 0. The van der Waals surface area contributed by atoms with Crippen molar-refractivity contribution in [3.05, 3.63) is 23.8 Å². The fraction of sp³-hybridized carbons (Fsp3) is 0.708. The van der Waals surface area contributed by atoms with E-state index in [-0.39, 0.29) is 29.5 Å². The number of ether oxygens (including phenoxy) is 2. The first-order valence-electron chi connectivity index (χ1n) is 11.6. The molecular weight excluding hydrogens is 517 g/mol. The number of nitrogens with one attached hydrogen (secondary N) is 1. The third-order valence-electron chi connectivity index (χ3n) is 7.00. The highest BCUT2D eigenvalue weighted by atomic mass is 127. The predicted octanol–water partition coefficient (Wildman–Crippen LogP) is 3.28. The van der Waals surface area contributed by atoms with Crippen molar-refractivity contribution in [2.24, 2.45) is 4.99 Å². The van der Waals surface area contributed by atoms with Gasteiger partial charge in [0.05, 0.1) is 14.2 Å². The molecule has 3 rings (SSSR count). The summed E-state index contributed by atoms with van der Waals surface area (Å²) in [7, 11) is 9.57. The molecule has 1 aromatic carbocycles. The lowest BCUT2D eigenvalue weighted by Gasteiger charge is -2.50. The maximum absolute atomic E-state index is 5.58. The van der Waals surface area contributed by atoms with E-state index in [1.165, 1.54) is 45.2 Å². The van der Waals surface area contributed by atoms with Crippen LogP contribution in [0, 0.1) is 0 Å². The van der Waals surface area contributed by atoms with E-state index < -0.39 is 0 Å². The quantitative estimate of drug-likeness (QED) is 0.315. The van der Waals surface area contributed by atoms with Crippen molar-refractivity contribution < 1.29 is 9.47 Å². The number of nitrogens with zero attached hydrogens (tertiary/aromatic N) is 4. The Labute approximate surface area is 211 Å². The zero-order valence-corrected chi connectivity index (χ0v) is 22.9. The number of hydrogen-bond donors (Lipinski definition) is 1. The Morgan fingerprint density at radius 3 is 2.38 bits per heavy atom. The van der Waals surface area contributed by atoms with Crippen molar-refractivity contribution in [1.29, 1.82) is 0 Å². The number of piperidine rings is 2. The number of rotatable bonds is 7. The minimum atomic E-state index is 0. The molecule has 2 saturated heterocycles. The van der Waals surface area contributed by atoms with Gasteiger partial charge in [-0.25, -0.2) is 0 Å². The van der Waals surface area contributed by atoms with Gasteiger partial charge in [0, 0.05) is 44.4 Å². The number of guanidine groups is 1. The molecule has 0 aliphatic carbocycles. The number of methoxy groups -OCH3 is 2. The molecule has 0 spiro atoms. The van der Waals surface area contributed by atoms with Crippen molar-refractivity contribution >= 4 is 29.9 Å². The molecule has 0 aromatic heterocycles. The van der Waals surface area contributed by atoms with E-state index in [1.54, 1.807) is 14.2 Å². The van der Waals surface area contributed by atoms with Gasteiger partial charge < -0.3 is 24.6 Å². The van der Waals surface area contributed by atoms with Gasteiger partial charge in [0.1, 0.15) is 11.5 Å². The Bertz CT molecular complexity index is 731. The molecule has 7 nitrogen and oxygen atoms in total. The molecule has 0 radical (unpaired) electrons. The molecule has 8 heteroatoms. The summed E-state index contributed by atoms with van der Waals surface area (Å²) in [5.74, 6) is 2.56. The van der Waals surface area contributed by atoms with Gasteiger partial charge in [-0.2, -0.15) is 0 Å². The number of benzene rings is 1. The third-order valence-corrected chi connectivity index (χ3v) is 7.00. The van der Waals surface area contributed by atoms with Crippen molar-refractivity contribution in [2.75, 3.05) is 68.1 Å². The topological polar surface area (TPSA) is 52.6 Å². The Morgan fingerprint density at radius 1 is 1.09 bits per heavy atom. The average molecular weight is 560 g/mol. The Balaban J connectivity index is 0.00000363. The zero-order valence-electron chi connectivity index (χ0n) is 20.5. The van der Waals surface area contributed by atoms with E-state index in [9.17, 15) is 0 Å². The summed E-state index contributed by atoms with van der Waals surface area (Å²) in [6, 6.07) is 5.97. The molecule has 2 fully saturated rings. The van der Waals surface area contributed by atoms with E-state index in [0.717, 1.165) is 42.7 Å². The molecule has 0 atom stereocenters. The van der Waals surface area contributed by atoms with Crippen LogP contribution < -0.4 is 14.8 Å². The zero-order chi connectivity index (χ0) is 22.3. The van der Waals surface area contributed by atoms with Crippen LogP contribution in [0.15, 0.2) is 23.2 Å². The van der Waals surface area contributed by atoms with Crippen LogP contribution in [-0.2, 0) is 6.54 Å². The number of halogens is 1. The second-order valence-electron chi connectivity index (χ2n) is 9.01. The first-order valence-corrected chi connectivity index (χ1v) is 11.6. The Hall–Kier alpha value is -1.26. The van der Waals surface area contributed by atoms with Crippen LogP contribution in [0.1, 0.15) is 37.7 Å². The molecule has 1 aromatic rings. The van der Waals surface area contributed by atoms with Gasteiger partial charge in [-0.05, 0) is 71.0 Å². The van der Waals surface area contributed by atoms with Crippen molar-refractivity contribution in [1.82, 2.24) is 20.0 Å². The minimum absolute atomic E-state index is 0. The first kappa shape index (κ1) is 27.0. The summed E-state index contributed by atoms with van der Waals surface area (Å²) in [5.41, 5.74) is 1.33. The van der Waals surface area contributed by atoms with Crippen molar-refractivity contribution in [2.45, 2.75) is 44.2 Å². The molecule has 32 heavy (non-hydrogen) atoms. The molecule has 2 aliphatic heterocycles. The lowest BCUT2D eigenvalue weighted by atomic mass is 9.84. The van der Waals surface area contributed by atoms with Crippen LogP contribution in [0.2, 0.25) is 0 Å². The lowest BCUT2D eigenvalue weighted by Crippen LogP contribution is -2.62. The Kier molecular flexibility index (Phi) is 10.8. The average Bonchev–Trinajstić information content (AvgIpc) is 2.81. The summed E-state index contributed by atoms with van der Waals surface area (Å²) in [6.45, 7) is 6.43. The molecule has 2 heterocycles. The molecule has 0 amide bonds. The summed E-state index contributed by atoms with van der Waals surface area (Å²) in [5, 5.41) is 3.72. The number of likely N-dealkylation sites (tertiary alicyclic amines) is 2. The SMILES string of the molecule is CN=C(NCC1(N2CCCCC2)CCN(C)CC1)N(C)Cc1ccc(OC)cc1OC.I. The highest BCUT2D eigenvalue weighted by Gasteiger charge is 2.39. The standard InChI is InChI=1S/C24H41N5O2.HI/c1-25-23(28(3)18-20-9-10-21(30-4)17-22(20)31-5)26-19-24(11-15-27(2)16-12-24)29-13-7-6-8-14-29;/h9-10,17H,6-8,11-16,18-19H2,1-5H3,(H,25,26);1H. The van der Waals surface area contributed by atoms with Crippen LogP contribution in [0.5, 0.6) is 11.5 Å². The second kappa shape index (κ2) is 12.8. The first-order chi connectivity index (χ1) is 15.0. The van der Waals surface area contributed by atoms with E-state index in [4.69, 9.17) is 9.47 Å². The summed E-state index contributed by atoms with van der Waals surface area (Å²) in [4.78, 5) is 12.0. The van der Waals surface area contributed by atoms with Crippen LogP contribution >= 0.6 is 24.0 Å². The largest absolute Gasteiger partial charge is 0.497 e. The highest BCUT2D eigenvalue weighted by Crippen LogP contribution is 2.31. The van der Waals surface area contributed by atoms with Gasteiger partial charge in [-0.3, -0.25) is 9.89 Å². The van der Waals surface area contributed by atoms with E-state index in [2.05, 4.69) is 45.2 Å². The maximum Gasteiger partial charge on any atom is 0.193 e. The number of hydrogen-bond acceptors (Lipinski definition) is 5. The lowest BCUT2D eigenvalue weighted by molar-refractivity contribution is 0.0170. The van der Waals surface area contributed by atoms with Gasteiger partial charge >= 0.3 is 0 Å². The minimum Gasteiger partial charge on any atom is -0.497 e. The monoisotopic (exact) mass is 559 g/mol. The van der Waals surface area contributed by atoms with Crippen LogP contribution in [0.4, 0.5) is 0 Å².